The van der Waals surface area contributed by atoms with Crippen molar-refractivity contribution in [3.8, 4) is 11.6 Å². The van der Waals surface area contributed by atoms with Crippen LogP contribution >= 0.6 is 11.6 Å². The van der Waals surface area contributed by atoms with Crippen LogP contribution in [0.15, 0.2) is 76.7 Å². The summed E-state index contributed by atoms with van der Waals surface area (Å²) in [7, 11) is -3.65. The third-order valence-corrected chi connectivity index (χ3v) is 5.48. The van der Waals surface area contributed by atoms with Crippen molar-refractivity contribution in [1.29, 1.82) is 0 Å². The molecular weight excluding hydrogens is 346 g/mol. The van der Waals surface area contributed by atoms with Crippen molar-refractivity contribution in [3.05, 3.63) is 77.4 Å². The Morgan fingerprint density at radius 2 is 1.67 bits per heavy atom. The molecule has 0 unspecified atom stereocenters. The summed E-state index contributed by atoms with van der Waals surface area (Å²) in [5.74, 6) is 0.577. The van der Waals surface area contributed by atoms with E-state index < -0.39 is 9.84 Å². The molecule has 0 amide bonds. The monoisotopic (exact) mass is 359 g/mol. The molecule has 1 heterocycles. The van der Waals surface area contributed by atoms with Crippen molar-refractivity contribution < 1.29 is 13.2 Å². The lowest BCUT2D eigenvalue weighted by atomic mass is 10.2. The number of aromatic nitrogens is 1. The summed E-state index contributed by atoms with van der Waals surface area (Å²) < 4.78 is 31.1. The van der Waals surface area contributed by atoms with Gasteiger partial charge in [-0.3, -0.25) is 0 Å². The van der Waals surface area contributed by atoms with E-state index in [-0.39, 0.29) is 15.5 Å². The minimum atomic E-state index is -3.65. The number of aryl methyl sites for hydroxylation is 1. The molecule has 0 N–H and O–H groups in total. The second-order valence-corrected chi connectivity index (χ2v) is 7.54. The van der Waals surface area contributed by atoms with Crippen molar-refractivity contribution in [2.24, 2.45) is 0 Å². The molecule has 0 aliphatic heterocycles. The third kappa shape index (κ3) is 3.42. The summed E-state index contributed by atoms with van der Waals surface area (Å²) in [5, 5.41) is 0.309. The predicted octanol–water partition coefficient (Wildman–Crippen LogP) is 4.67. The molecule has 1 aromatic heterocycles. The normalized spacial score (nSPS) is 11.2. The first-order valence-electron chi connectivity index (χ1n) is 7.17. The first kappa shape index (κ1) is 16.5. The first-order valence-corrected chi connectivity index (χ1v) is 9.03. The van der Waals surface area contributed by atoms with E-state index in [0.29, 0.717) is 10.9 Å². The Morgan fingerprint density at radius 1 is 0.958 bits per heavy atom. The molecule has 0 fully saturated rings. The lowest BCUT2D eigenvalue weighted by molar-refractivity contribution is 0.461. The van der Waals surface area contributed by atoms with Crippen LogP contribution in [-0.4, -0.2) is 13.4 Å². The van der Waals surface area contributed by atoms with Crippen LogP contribution in [0.4, 0.5) is 0 Å². The maximum atomic E-state index is 12.7. The Labute approximate surface area is 145 Å². The molecular formula is C18H14ClNO3S. The van der Waals surface area contributed by atoms with Crippen molar-refractivity contribution in [1.82, 2.24) is 4.98 Å². The zero-order chi connectivity index (χ0) is 17.2. The molecule has 6 heteroatoms. The lowest BCUT2D eigenvalue weighted by Crippen LogP contribution is -2.02. The van der Waals surface area contributed by atoms with Gasteiger partial charge in [-0.15, -0.1) is 0 Å². The Balaban J connectivity index is 2.00. The van der Waals surface area contributed by atoms with Crippen molar-refractivity contribution >= 4 is 21.4 Å². The Bertz CT molecular complexity index is 955. The van der Waals surface area contributed by atoms with Gasteiger partial charge in [0.1, 0.15) is 5.75 Å². The van der Waals surface area contributed by atoms with Crippen LogP contribution in [0, 0.1) is 6.92 Å². The summed E-state index contributed by atoms with van der Waals surface area (Å²) in [6.07, 6.45) is 1.58. The number of nitrogens with zero attached hydrogens (tertiary/aromatic N) is 1. The minimum Gasteiger partial charge on any atom is -0.437 e. The van der Waals surface area contributed by atoms with Crippen LogP contribution < -0.4 is 4.74 Å². The number of rotatable bonds is 4. The maximum absolute atomic E-state index is 12.7. The molecule has 0 aliphatic rings. The van der Waals surface area contributed by atoms with Gasteiger partial charge < -0.3 is 4.74 Å². The Kier molecular flexibility index (Phi) is 4.55. The van der Waals surface area contributed by atoms with E-state index in [1.807, 2.05) is 6.92 Å². The van der Waals surface area contributed by atoms with E-state index >= 15 is 0 Å². The maximum Gasteiger partial charge on any atom is 0.219 e. The van der Waals surface area contributed by atoms with E-state index in [2.05, 4.69) is 4.98 Å². The number of hydrogen-bond donors (Lipinski definition) is 0. The number of pyridine rings is 1. The van der Waals surface area contributed by atoms with Crippen molar-refractivity contribution in [3.63, 3.8) is 0 Å². The van der Waals surface area contributed by atoms with E-state index in [1.54, 1.807) is 48.7 Å². The molecule has 0 saturated heterocycles. The van der Waals surface area contributed by atoms with E-state index in [9.17, 15) is 8.42 Å². The van der Waals surface area contributed by atoms with Gasteiger partial charge in [-0.1, -0.05) is 35.4 Å². The summed E-state index contributed by atoms with van der Waals surface area (Å²) in [5.41, 5.74) is 0.990. The largest absolute Gasteiger partial charge is 0.437 e. The van der Waals surface area contributed by atoms with Crippen molar-refractivity contribution in [2.75, 3.05) is 0 Å². The Hall–Kier alpha value is -2.37. The topological polar surface area (TPSA) is 56.3 Å². The van der Waals surface area contributed by atoms with Gasteiger partial charge in [0.2, 0.25) is 15.7 Å². The number of hydrogen-bond acceptors (Lipinski definition) is 4. The highest BCUT2D eigenvalue weighted by Crippen LogP contribution is 2.32. The molecule has 3 rings (SSSR count). The van der Waals surface area contributed by atoms with E-state index in [4.69, 9.17) is 16.3 Å². The summed E-state index contributed by atoms with van der Waals surface area (Å²) in [6.45, 7) is 1.90. The van der Waals surface area contributed by atoms with Crippen LogP contribution in [0.2, 0.25) is 5.02 Å². The zero-order valence-corrected chi connectivity index (χ0v) is 14.4. The number of sulfone groups is 1. The zero-order valence-electron chi connectivity index (χ0n) is 12.8. The van der Waals surface area contributed by atoms with E-state index in [1.165, 1.54) is 18.2 Å². The highest BCUT2D eigenvalue weighted by molar-refractivity contribution is 7.91. The molecule has 24 heavy (non-hydrogen) atoms. The molecule has 0 saturated carbocycles. The number of benzene rings is 2. The van der Waals surface area contributed by atoms with Gasteiger partial charge in [-0.25, -0.2) is 13.4 Å². The standard InChI is InChI=1S/C18H14ClNO3S/c1-13-5-7-14(8-6-13)24(21,22)15-9-10-16(19)17(12-15)23-18-4-2-3-11-20-18/h2-12H,1H3. The fourth-order valence-electron chi connectivity index (χ4n) is 2.10. The van der Waals surface area contributed by atoms with Gasteiger partial charge in [-0.05, 0) is 37.3 Å². The summed E-state index contributed by atoms with van der Waals surface area (Å²) in [4.78, 5) is 4.38. The van der Waals surface area contributed by atoms with E-state index in [0.717, 1.165) is 5.56 Å². The summed E-state index contributed by atoms with van der Waals surface area (Å²) in [6, 6.07) is 16.2. The predicted molar refractivity (Wildman–Crippen MR) is 92.4 cm³/mol. The van der Waals surface area contributed by atoms with Gasteiger partial charge in [0.25, 0.3) is 0 Å². The second-order valence-electron chi connectivity index (χ2n) is 5.18. The SMILES string of the molecule is Cc1ccc(S(=O)(=O)c2ccc(Cl)c(Oc3ccccn3)c2)cc1. The molecule has 0 spiro atoms. The van der Waals surface area contributed by atoms with Gasteiger partial charge in [-0.2, -0.15) is 0 Å². The average Bonchev–Trinajstić information content (AvgIpc) is 2.58. The quantitative estimate of drug-likeness (QED) is 0.679. The molecule has 0 atom stereocenters. The molecule has 3 aromatic rings. The minimum absolute atomic E-state index is 0.113. The molecule has 4 nitrogen and oxygen atoms in total. The first-order chi connectivity index (χ1) is 11.5. The van der Waals surface area contributed by atoms with Crippen LogP contribution in [-0.2, 0) is 9.84 Å². The molecule has 0 aliphatic carbocycles. The fourth-order valence-corrected chi connectivity index (χ4v) is 3.53. The number of ether oxygens (including phenoxy) is 1. The smallest absolute Gasteiger partial charge is 0.219 e. The van der Waals surface area contributed by atoms with Crippen LogP contribution in [0.1, 0.15) is 5.56 Å². The van der Waals surface area contributed by atoms with Gasteiger partial charge in [0, 0.05) is 18.3 Å². The Morgan fingerprint density at radius 3 is 2.33 bits per heavy atom. The van der Waals surface area contributed by atoms with Crippen LogP contribution in [0.3, 0.4) is 0 Å². The molecule has 2 aromatic carbocycles. The third-order valence-electron chi connectivity index (χ3n) is 3.40. The fraction of sp³-hybridized carbons (Fsp3) is 0.0556. The molecule has 122 valence electrons. The summed E-state index contributed by atoms with van der Waals surface area (Å²) >= 11 is 6.12. The highest BCUT2D eigenvalue weighted by atomic mass is 35.5. The van der Waals surface area contributed by atoms with Crippen LogP contribution in [0.25, 0.3) is 0 Å². The average molecular weight is 360 g/mol. The molecule has 0 bridgehead atoms. The molecule has 0 radical (unpaired) electrons. The second kappa shape index (κ2) is 6.63. The van der Waals surface area contributed by atoms with Gasteiger partial charge >= 0.3 is 0 Å². The van der Waals surface area contributed by atoms with Crippen molar-refractivity contribution in [2.45, 2.75) is 16.7 Å². The van der Waals surface area contributed by atoms with Crippen LogP contribution in [0.5, 0.6) is 11.6 Å². The lowest BCUT2D eigenvalue weighted by Gasteiger charge is -2.10. The highest BCUT2D eigenvalue weighted by Gasteiger charge is 2.19. The van der Waals surface area contributed by atoms with Gasteiger partial charge in [0.05, 0.1) is 14.8 Å². The van der Waals surface area contributed by atoms with Gasteiger partial charge in [0.15, 0.2) is 0 Å². The number of halogens is 1.